The summed E-state index contributed by atoms with van der Waals surface area (Å²) in [6.45, 7) is 6.54. The minimum absolute atomic E-state index is 0.196. The minimum Gasteiger partial charge on any atom is -0.271 e. The maximum Gasteiger partial charge on any atom is 0.123 e. The van der Waals surface area contributed by atoms with Crippen molar-refractivity contribution < 1.29 is 4.39 Å². The molecule has 0 aliphatic heterocycles. The molecule has 0 aliphatic rings. The lowest BCUT2D eigenvalue weighted by molar-refractivity contribution is 0.299. The molecule has 1 rings (SSSR count). The van der Waals surface area contributed by atoms with Crippen LogP contribution in [-0.2, 0) is 6.42 Å². The molecule has 0 fully saturated rings. The van der Waals surface area contributed by atoms with Crippen LogP contribution in [0.3, 0.4) is 0 Å². The van der Waals surface area contributed by atoms with E-state index < -0.39 is 0 Å². The van der Waals surface area contributed by atoms with Gasteiger partial charge in [0, 0.05) is 6.04 Å². The first kappa shape index (κ1) is 13.1. The maximum atomic E-state index is 12.8. The van der Waals surface area contributed by atoms with Crippen molar-refractivity contribution in [3.63, 3.8) is 0 Å². The molecule has 0 saturated heterocycles. The van der Waals surface area contributed by atoms with E-state index in [4.69, 9.17) is 5.84 Å². The third-order valence-corrected chi connectivity index (χ3v) is 3.27. The summed E-state index contributed by atoms with van der Waals surface area (Å²) in [4.78, 5) is 0. The van der Waals surface area contributed by atoms with Gasteiger partial charge in [0.1, 0.15) is 5.82 Å². The zero-order valence-electron chi connectivity index (χ0n) is 10.2. The van der Waals surface area contributed by atoms with E-state index in [0.29, 0.717) is 11.8 Å². The Morgan fingerprint density at radius 3 is 2.19 bits per heavy atom. The van der Waals surface area contributed by atoms with Gasteiger partial charge in [-0.15, -0.1) is 0 Å². The molecule has 16 heavy (non-hydrogen) atoms. The number of hydrogen-bond acceptors (Lipinski definition) is 2. The Labute approximate surface area is 97.0 Å². The first-order valence-corrected chi connectivity index (χ1v) is 5.75. The molecule has 0 amide bonds. The van der Waals surface area contributed by atoms with E-state index in [1.807, 2.05) is 12.1 Å². The van der Waals surface area contributed by atoms with E-state index in [1.54, 1.807) is 0 Å². The first-order chi connectivity index (χ1) is 7.54. The van der Waals surface area contributed by atoms with E-state index in [-0.39, 0.29) is 11.9 Å². The van der Waals surface area contributed by atoms with E-state index >= 15 is 0 Å². The Morgan fingerprint density at radius 1 is 1.19 bits per heavy atom. The number of hydrogen-bond donors (Lipinski definition) is 2. The highest BCUT2D eigenvalue weighted by Crippen LogP contribution is 2.17. The summed E-state index contributed by atoms with van der Waals surface area (Å²) in [7, 11) is 0. The standard InChI is InChI=1S/C13H21FN2/c1-9(2)10(3)13(16-15)8-11-4-6-12(14)7-5-11/h4-7,9-10,13,16H,8,15H2,1-3H3. The van der Waals surface area contributed by atoms with Gasteiger partial charge >= 0.3 is 0 Å². The molecule has 0 spiro atoms. The van der Waals surface area contributed by atoms with E-state index in [0.717, 1.165) is 12.0 Å². The largest absolute Gasteiger partial charge is 0.271 e. The summed E-state index contributed by atoms with van der Waals surface area (Å²) >= 11 is 0. The van der Waals surface area contributed by atoms with Crippen LogP contribution >= 0.6 is 0 Å². The Balaban J connectivity index is 2.66. The molecular weight excluding hydrogens is 203 g/mol. The number of nitrogens with one attached hydrogen (secondary N) is 1. The number of hydrazine groups is 1. The van der Waals surface area contributed by atoms with Crippen LogP contribution in [0.25, 0.3) is 0 Å². The molecule has 0 saturated carbocycles. The summed E-state index contributed by atoms with van der Waals surface area (Å²) in [6, 6.07) is 6.83. The van der Waals surface area contributed by atoms with Crippen molar-refractivity contribution in [3.8, 4) is 0 Å². The van der Waals surface area contributed by atoms with Gasteiger partial charge in [-0.25, -0.2) is 4.39 Å². The zero-order chi connectivity index (χ0) is 12.1. The van der Waals surface area contributed by atoms with Crippen LogP contribution in [0.5, 0.6) is 0 Å². The number of rotatable bonds is 5. The van der Waals surface area contributed by atoms with Crippen molar-refractivity contribution in [2.75, 3.05) is 0 Å². The van der Waals surface area contributed by atoms with Crippen LogP contribution in [0, 0.1) is 17.7 Å². The van der Waals surface area contributed by atoms with Crippen molar-refractivity contribution in [1.29, 1.82) is 0 Å². The number of halogens is 1. The fourth-order valence-corrected chi connectivity index (χ4v) is 1.74. The Kier molecular flexibility index (Phi) is 4.90. The van der Waals surface area contributed by atoms with Crippen LogP contribution < -0.4 is 11.3 Å². The fraction of sp³-hybridized carbons (Fsp3) is 0.538. The van der Waals surface area contributed by atoms with Gasteiger partial charge in [0.25, 0.3) is 0 Å². The van der Waals surface area contributed by atoms with Gasteiger partial charge in [-0.05, 0) is 36.0 Å². The van der Waals surface area contributed by atoms with Crippen molar-refractivity contribution in [2.24, 2.45) is 17.7 Å². The van der Waals surface area contributed by atoms with Gasteiger partial charge in [0.15, 0.2) is 0 Å². The van der Waals surface area contributed by atoms with Gasteiger partial charge in [0.05, 0.1) is 0 Å². The molecule has 0 radical (unpaired) electrons. The van der Waals surface area contributed by atoms with Crippen LogP contribution in [0.2, 0.25) is 0 Å². The van der Waals surface area contributed by atoms with Crippen LogP contribution in [0.4, 0.5) is 4.39 Å². The zero-order valence-corrected chi connectivity index (χ0v) is 10.2. The predicted molar refractivity (Wildman–Crippen MR) is 65.2 cm³/mol. The normalized spacial score (nSPS) is 15.1. The second-order valence-corrected chi connectivity index (χ2v) is 4.71. The molecule has 0 aromatic heterocycles. The van der Waals surface area contributed by atoms with E-state index in [2.05, 4.69) is 26.2 Å². The summed E-state index contributed by atoms with van der Waals surface area (Å²) in [5.41, 5.74) is 3.96. The lowest BCUT2D eigenvalue weighted by atomic mass is 9.87. The topological polar surface area (TPSA) is 38.0 Å². The highest BCUT2D eigenvalue weighted by Gasteiger charge is 2.19. The molecule has 3 N–H and O–H groups in total. The van der Waals surface area contributed by atoms with Crippen molar-refractivity contribution in [3.05, 3.63) is 35.6 Å². The lowest BCUT2D eigenvalue weighted by Gasteiger charge is -2.26. The average Bonchev–Trinajstić information content (AvgIpc) is 2.27. The first-order valence-electron chi connectivity index (χ1n) is 5.75. The maximum absolute atomic E-state index is 12.8. The minimum atomic E-state index is -0.196. The highest BCUT2D eigenvalue weighted by molar-refractivity contribution is 5.17. The quantitative estimate of drug-likeness (QED) is 0.595. The summed E-state index contributed by atoms with van der Waals surface area (Å²) in [5, 5.41) is 0. The van der Waals surface area contributed by atoms with Crippen LogP contribution in [0.15, 0.2) is 24.3 Å². The van der Waals surface area contributed by atoms with Gasteiger partial charge in [0.2, 0.25) is 0 Å². The molecule has 1 aromatic rings. The molecular formula is C13H21FN2. The molecule has 0 heterocycles. The highest BCUT2D eigenvalue weighted by atomic mass is 19.1. The summed E-state index contributed by atoms with van der Waals surface area (Å²) < 4.78 is 12.8. The SMILES string of the molecule is CC(C)C(C)C(Cc1ccc(F)cc1)NN. The van der Waals surface area contributed by atoms with Crippen LogP contribution in [-0.4, -0.2) is 6.04 Å². The lowest BCUT2D eigenvalue weighted by Crippen LogP contribution is -2.43. The summed E-state index contributed by atoms with van der Waals surface area (Å²) in [6.07, 6.45) is 0.829. The van der Waals surface area contributed by atoms with Crippen molar-refractivity contribution in [1.82, 2.24) is 5.43 Å². The van der Waals surface area contributed by atoms with Gasteiger partial charge in [-0.2, -0.15) is 0 Å². The van der Waals surface area contributed by atoms with E-state index in [9.17, 15) is 4.39 Å². The fourth-order valence-electron chi connectivity index (χ4n) is 1.74. The van der Waals surface area contributed by atoms with Crippen molar-refractivity contribution >= 4 is 0 Å². The molecule has 2 atom stereocenters. The van der Waals surface area contributed by atoms with Gasteiger partial charge in [-0.1, -0.05) is 32.9 Å². The van der Waals surface area contributed by atoms with Crippen LogP contribution in [0.1, 0.15) is 26.3 Å². The monoisotopic (exact) mass is 224 g/mol. The third kappa shape index (κ3) is 3.58. The molecule has 0 bridgehead atoms. The summed E-state index contributed by atoms with van der Waals surface area (Å²) in [5.74, 6) is 6.42. The Morgan fingerprint density at radius 2 is 1.75 bits per heavy atom. The second kappa shape index (κ2) is 5.97. The smallest absolute Gasteiger partial charge is 0.123 e. The van der Waals surface area contributed by atoms with Gasteiger partial charge < -0.3 is 0 Å². The number of nitrogens with two attached hydrogens (primary N) is 1. The molecule has 3 heteroatoms. The molecule has 2 unspecified atom stereocenters. The Hall–Kier alpha value is -0.930. The molecule has 1 aromatic carbocycles. The Bertz CT molecular complexity index is 308. The molecule has 90 valence electrons. The van der Waals surface area contributed by atoms with Gasteiger partial charge in [-0.3, -0.25) is 11.3 Å². The average molecular weight is 224 g/mol. The second-order valence-electron chi connectivity index (χ2n) is 4.71. The van der Waals surface area contributed by atoms with Crippen molar-refractivity contribution in [2.45, 2.75) is 33.2 Å². The molecule has 0 aliphatic carbocycles. The number of benzene rings is 1. The third-order valence-electron chi connectivity index (χ3n) is 3.27. The predicted octanol–water partition coefficient (Wildman–Crippen LogP) is 2.49. The van der Waals surface area contributed by atoms with E-state index in [1.165, 1.54) is 12.1 Å². The molecule has 2 nitrogen and oxygen atoms in total.